The van der Waals surface area contributed by atoms with Crippen LogP contribution in [-0.2, 0) is 10.3 Å². The fourth-order valence-corrected chi connectivity index (χ4v) is 3.24. The largest absolute Gasteiger partial charge is 0.450 e. The van der Waals surface area contributed by atoms with E-state index < -0.39 is 11.8 Å². The molecule has 0 N–H and O–H groups in total. The van der Waals surface area contributed by atoms with Crippen LogP contribution in [0.2, 0.25) is 0 Å². The van der Waals surface area contributed by atoms with Crippen LogP contribution in [0, 0.1) is 13.8 Å². The molecule has 1 heterocycles. The predicted molar refractivity (Wildman–Crippen MR) is 106 cm³/mol. The molecule has 0 aliphatic heterocycles. The van der Waals surface area contributed by atoms with Gasteiger partial charge in [0.15, 0.2) is 5.60 Å². The van der Waals surface area contributed by atoms with Gasteiger partial charge in [0.25, 0.3) is 0 Å². The minimum Gasteiger partial charge on any atom is -0.450 e. The molecule has 0 unspecified atom stereocenters. The minimum atomic E-state index is -1.18. The molecule has 0 aliphatic carbocycles. The summed E-state index contributed by atoms with van der Waals surface area (Å²) < 4.78 is 12.0. The molecule has 0 amide bonds. The Morgan fingerprint density at radius 1 is 0.929 bits per heavy atom. The van der Waals surface area contributed by atoms with Gasteiger partial charge < -0.3 is 9.47 Å². The molecule has 1 atom stereocenters. The van der Waals surface area contributed by atoms with E-state index in [2.05, 4.69) is 20.0 Å². The second kappa shape index (κ2) is 8.52. The molecule has 3 rings (SSSR count). The fraction of sp³-hybridized carbons (Fsp3) is 0.238. The van der Waals surface area contributed by atoms with Crippen molar-refractivity contribution in [2.45, 2.75) is 25.7 Å². The van der Waals surface area contributed by atoms with Gasteiger partial charge in [0.05, 0.1) is 0 Å². The Balaban J connectivity index is 2.19. The molecule has 142 valence electrons. The van der Waals surface area contributed by atoms with Crippen molar-refractivity contribution in [2.24, 2.45) is 5.11 Å². The fourth-order valence-electron chi connectivity index (χ4n) is 3.24. The molecule has 0 radical (unpaired) electrons. The molecular formula is C21H21N5O2. The second-order valence-corrected chi connectivity index (χ2v) is 6.28. The van der Waals surface area contributed by atoms with E-state index in [-0.39, 0.29) is 6.01 Å². The Morgan fingerprint density at radius 3 is 1.86 bits per heavy atom. The molecule has 1 aromatic heterocycles. The van der Waals surface area contributed by atoms with E-state index in [0.717, 1.165) is 22.5 Å². The maximum Gasteiger partial charge on any atom is 0.317 e. The Bertz CT molecular complexity index is 913. The summed E-state index contributed by atoms with van der Waals surface area (Å²) in [6.45, 7) is 3.70. The van der Waals surface area contributed by atoms with E-state index in [0.29, 0.717) is 0 Å². The number of ether oxygens (including phenoxy) is 2. The summed E-state index contributed by atoms with van der Waals surface area (Å²) in [5.41, 5.74) is 11.1. The first-order valence-electron chi connectivity index (χ1n) is 8.79. The first-order valence-corrected chi connectivity index (χ1v) is 8.79. The molecule has 0 saturated heterocycles. The van der Waals surface area contributed by atoms with Gasteiger partial charge in [-0.25, -0.2) is 9.97 Å². The van der Waals surface area contributed by atoms with Crippen LogP contribution < -0.4 is 4.74 Å². The van der Waals surface area contributed by atoms with Gasteiger partial charge >= 0.3 is 6.01 Å². The van der Waals surface area contributed by atoms with E-state index in [1.807, 2.05) is 80.6 Å². The number of aryl methyl sites for hydroxylation is 2. The predicted octanol–water partition coefficient (Wildman–Crippen LogP) is 4.70. The van der Waals surface area contributed by atoms with E-state index >= 15 is 0 Å². The third-order valence-corrected chi connectivity index (χ3v) is 4.41. The zero-order valence-corrected chi connectivity index (χ0v) is 16.0. The average Bonchev–Trinajstić information content (AvgIpc) is 2.70. The molecular weight excluding hydrogens is 354 g/mol. The van der Waals surface area contributed by atoms with Crippen LogP contribution in [0.15, 0.2) is 71.8 Å². The number of hydrogen-bond donors (Lipinski definition) is 0. The van der Waals surface area contributed by atoms with Crippen molar-refractivity contribution in [2.75, 3.05) is 7.11 Å². The number of hydrogen-bond acceptors (Lipinski definition) is 5. The number of azide groups is 1. The lowest BCUT2D eigenvalue weighted by atomic mass is 9.84. The highest BCUT2D eigenvalue weighted by Gasteiger charge is 2.44. The highest BCUT2D eigenvalue weighted by Crippen LogP contribution is 2.39. The van der Waals surface area contributed by atoms with E-state index in [1.165, 1.54) is 0 Å². The maximum absolute atomic E-state index is 9.26. The van der Waals surface area contributed by atoms with Gasteiger partial charge in [-0.1, -0.05) is 60.7 Å². The monoisotopic (exact) mass is 375 g/mol. The summed E-state index contributed by atoms with van der Waals surface area (Å²) >= 11 is 0. The first-order chi connectivity index (χ1) is 13.6. The summed E-state index contributed by atoms with van der Waals surface area (Å²) in [7, 11) is 1.56. The van der Waals surface area contributed by atoms with Crippen molar-refractivity contribution in [1.29, 1.82) is 0 Å². The Labute approximate surface area is 163 Å². The first kappa shape index (κ1) is 19.4. The third kappa shape index (κ3) is 3.81. The lowest BCUT2D eigenvalue weighted by molar-refractivity contribution is -0.0677. The SMILES string of the molecule is COC(c1ccccc1)(c1ccccc1)[C@@H](N=[N+]=[N-])Oc1nc(C)cc(C)n1. The standard InChI is InChI=1S/C21H21N5O2/c1-15-14-16(2)24-20(23-15)28-19(25-26-22)21(27-3,17-10-6-4-7-11-17)18-12-8-5-9-13-18/h4-14,19H,1-3H3/t19-/m0/s1. The quantitative estimate of drug-likeness (QED) is 0.340. The molecule has 7 heteroatoms. The van der Waals surface area contributed by atoms with Gasteiger partial charge in [-0.15, -0.1) is 0 Å². The summed E-state index contributed by atoms with van der Waals surface area (Å²) in [4.78, 5) is 11.6. The number of rotatable bonds is 7. The van der Waals surface area contributed by atoms with Gasteiger partial charge in [-0.2, -0.15) is 0 Å². The lowest BCUT2D eigenvalue weighted by Crippen LogP contribution is -2.45. The zero-order valence-electron chi connectivity index (χ0n) is 16.0. The number of aromatic nitrogens is 2. The van der Waals surface area contributed by atoms with Gasteiger partial charge in [0.2, 0.25) is 6.23 Å². The highest BCUT2D eigenvalue weighted by atomic mass is 16.6. The Morgan fingerprint density at radius 2 is 1.43 bits per heavy atom. The topological polar surface area (TPSA) is 93.0 Å². The third-order valence-electron chi connectivity index (χ3n) is 4.41. The molecule has 0 fully saturated rings. The second-order valence-electron chi connectivity index (χ2n) is 6.28. The Hall–Kier alpha value is -3.41. The van der Waals surface area contributed by atoms with Crippen LogP contribution in [0.1, 0.15) is 22.5 Å². The number of benzene rings is 2. The smallest absolute Gasteiger partial charge is 0.317 e. The van der Waals surface area contributed by atoms with Crippen molar-refractivity contribution >= 4 is 0 Å². The van der Waals surface area contributed by atoms with Crippen LogP contribution in [0.5, 0.6) is 6.01 Å². The van der Waals surface area contributed by atoms with E-state index in [4.69, 9.17) is 9.47 Å². The molecule has 0 aliphatic rings. The van der Waals surface area contributed by atoms with Crippen molar-refractivity contribution < 1.29 is 9.47 Å². The summed E-state index contributed by atoms with van der Waals surface area (Å²) in [6, 6.07) is 21.0. The zero-order chi connectivity index (χ0) is 20.0. The normalized spacial score (nSPS) is 12.1. The molecule has 0 saturated carbocycles. The molecule has 0 bridgehead atoms. The van der Waals surface area contributed by atoms with Crippen LogP contribution in [0.25, 0.3) is 10.4 Å². The van der Waals surface area contributed by atoms with Gasteiger partial charge in [0, 0.05) is 23.4 Å². The molecule has 2 aromatic carbocycles. The van der Waals surface area contributed by atoms with Gasteiger partial charge in [-0.05, 0) is 41.7 Å². The molecule has 7 nitrogen and oxygen atoms in total. The van der Waals surface area contributed by atoms with Crippen LogP contribution in [0.3, 0.4) is 0 Å². The lowest BCUT2D eigenvalue weighted by Gasteiger charge is -2.37. The molecule has 0 spiro atoms. The molecule has 28 heavy (non-hydrogen) atoms. The van der Waals surface area contributed by atoms with Crippen molar-refractivity contribution in [3.63, 3.8) is 0 Å². The minimum absolute atomic E-state index is 0.128. The van der Waals surface area contributed by atoms with Crippen LogP contribution in [0.4, 0.5) is 0 Å². The average molecular weight is 375 g/mol. The summed E-state index contributed by atoms with van der Waals surface area (Å²) in [6.07, 6.45) is -1.08. The number of methoxy groups -OCH3 is 1. The summed E-state index contributed by atoms with van der Waals surface area (Å²) in [5.74, 6) is 0. The van der Waals surface area contributed by atoms with Crippen molar-refractivity contribution in [1.82, 2.24) is 9.97 Å². The Kier molecular flexibility index (Phi) is 5.89. The highest BCUT2D eigenvalue weighted by molar-refractivity contribution is 5.38. The van der Waals surface area contributed by atoms with E-state index in [9.17, 15) is 5.53 Å². The summed E-state index contributed by atoms with van der Waals surface area (Å²) in [5, 5.41) is 3.93. The maximum atomic E-state index is 9.26. The van der Waals surface area contributed by atoms with E-state index in [1.54, 1.807) is 7.11 Å². The van der Waals surface area contributed by atoms with Crippen LogP contribution in [-0.4, -0.2) is 23.3 Å². The molecule has 3 aromatic rings. The van der Waals surface area contributed by atoms with Crippen LogP contribution >= 0.6 is 0 Å². The van der Waals surface area contributed by atoms with Crippen molar-refractivity contribution in [3.05, 3.63) is 99.7 Å². The van der Waals surface area contributed by atoms with Gasteiger partial charge in [0.1, 0.15) is 0 Å². The van der Waals surface area contributed by atoms with Gasteiger partial charge in [-0.3, -0.25) is 0 Å². The number of nitrogens with zero attached hydrogens (tertiary/aromatic N) is 5. The van der Waals surface area contributed by atoms with Crippen molar-refractivity contribution in [3.8, 4) is 6.01 Å².